The molecule has 3 N–H and O–H groups in total. The van der Waals surface area contributed by atoms with Gasteiger partial charge in [-0.1, -0.05) is 73.3 Å². The SMILES string of the molecule is C[C@H]1[C@@H](CSc2nnnn2-c2ccccc2)O[C@@H](c2ccc(NC(=O)CCC(=O)O)cc2)O[C@H]1c1ccc(CO)cc1. The molecule has 0 aliphatic carbocycles. The van der Waals surface area contributed by atoms with Gasteiger partial charge in [0.15, 0.2) is 6.29 Å². The van der Waals surface area contributed by atoms with E-state index in [1.54, 1.807) is 16.8 Å². The summed E-state index contributed by atoms with van der Waals surface area (Å²) in [6, 6.07) is 24.5. The number of anilines is 1. The lowest BCUT2D eigenvalue weighted by Crippen LogP contribution is -2.38. The summed E-state index contributed by atoms with van der Waals surface area (Å²) in [6.07, 6.45) is -1.54. The molecule has 3 aromatic carbocycles. The Bertz CT molecular complexity index is 1480. The van der Waals surface area contributed by atoms with Gasteiger partial charge in [0.25, 0.3) is 0 Å². The van der Waals surface area contributed by atoms with E-state index in [9.17, 15) is 14.7 Å². The first kappa shape index (κ1) is 29.4. The van der Waals surface area contributed by atoms with Gasteiger partial charge in [-0.05, 0) is 45.8 Å². The minimum atomic E-state index is -1.02. The maximum atomic E-state index is 12.1. The molecule has 4 aromatic rings. The summed E-state index contributed by atoms with van der Waals surface area (Å²) in [6.45, 7) is 2.05. The standard InChI is InChI=1S/C30H31N5O6S/c1-19-25(18-42-30-32-33-34-35(30)24-5-3-2-4-6-24)40-29(41-28(19)21-9-7-20(17-36)8-10-21)22-11-13-23(14-12-22)31-26(37)15-16-27(38)39/h2-14,19,25,28-29,36H,15-18H2,1H3,(H,31,37)(H,38,39)/t19-,25+,28+,29+/m0/s1. The van der Waals surface area contributed by atoms with Crippen LogP contribution < -0.4 is 5.32 Å². The van der Waals surface area contributed by atoms with Crippen molar-refractivity contribution >= 4 is 29.3 Å². The number of aliphatic hydroxyl groups excluding tert-OH is 1. The first-order valence-electron chi connectivity index (χ1n) is 13.5. The summed E-state index contributed by atoms with van der Waals surface area (Å²) < 4.78 is 14.7. The van der Waals surface area contributed by atoms with E-state index in [1.807, 2.05) is 66.7 Å². The number of carboxylic acid groups (broad SMARTS) is 1. The van der Waals surface area contributed by atoms with E-state index in [4.69, 9.17) is 14.6 Å². The molecule has 1 aliphatic heterocycles. The van der Waals surface area contributed by atoms with Crippen LogP contribution in [0, 0.1) is 5.92 Å². The predicted molar refractivity (Wildman–Crippen MR) is 155 cm³/mol. The fourth-order valence-electron chi connectivity index (χ4n) is 4.63. The molecule has 1 aliphatic rings. The monoisotopic (exact) mass is 589 g/mol. The number of hydrogen-bond acceptors (Lipinski definition) is 9. The van der Waals surface area contributed by atoms with Crippen LogP contribution in [-0.4, -0.2) is 54.2 Å². The van der Waals surface area contributed by atoms with Crippen molar-refractivity contribution in [1.82, 2.24) is 20.2 Å². The van der Waals surface area contributed by atoms with Gasteiger partial charge >= 0.3 is 5.97 Å². The van der Waals surface area contributed by atoms with Crippen molar-refractivity contribution in [3.63, 3.8) is 0 Å². The highest BCUT2D eigenvalue weighted by Gasteiger charge is 2.38. The Morgan fingerprint density at radius 1 is 0.952 bits per heavy atom. The summed E-state index contributed by atoms with van der Waals surface area (Å²) in [4.78, 5) is 22.8. The van der Waals surface area contributed by atoms with Gasteiger partial charge in [0.05, 0.1) is 30.9 Å². The van der Waals surface area contributed by atoms with Crippen molar-refractivity contribution in [2.45, 2.75) is 50.0 Å². The van der Waals surface area contributed by atoms with Gasteiger partial charge in [-0.15, -0.1) is 5.10 Å². The molecule has 2 heterocycles. The van der Waals surface area contributed by atoms with Crippen LogP contribution in [-0.2, 0) is 25.7 Å². The van der Waals surface area contributed by atoms with Crippen molar-refractivity contribution in [3.8, 4) is 5.69 Å². The Balaban J connectivity index is 1.34. The number of aliphatic carboxylic acids is 1. The van der Waals surface area contributed by atoms with E-state index in [1.165, 1.54) is 11.8 Å². The van der Waals surface area contributed by atoms with Crippen LogP contribution in [0.4, 0.5) is 5.69 Å². The van der Waals surface area contributed by atoms with Gasteiger partial charge in [-0.25, -0.2) is 0 Å². The Kier molecular flexibility index (Phi) is 9.59. The zero-order valence-corrected chi connectivity index (χ0v) is 23.7. The van der Waals surface area contributed by atoms with E-state index in [2.05, 4.69) is 27.8 Å². The summed E-state index contributed by atoms with van der Waals surface area (Å²) in [5, 5.41) is 33.9. The molecule has 1 fully saturated rings. The molecule has 11 nitrogen and oxygen atoms in total. The van der Waals surface area contributed by atoms with Crippen LogP contribution in [0.3, 0.4) is 0 Å². The number of para-hydroxylation sites is 1. The highest BCUT2D eigenvalue weighted by molar-refractivity contribution is 7.99. The number of ether oxygens (including phenoxy) is 2. The van der Waals surface area contributed by atoms with E-state index < -0.39 is 12.3 Å². The maximum Gasteiger partial charge on any atom is 0.303 e. The van der Waals surface area contributed by atoms with Gasteiger partial charge < -0.3 is 25.0 Å². The first-order chi connectivity index (χ1) is 20.4. The number of nitrogens with one attached hydrogen (secondary N) is 1. The minimum Gasteiger partial charge on any atom is -0.481 e. The summed E-state index contributed by atoms with van der Waals surface area (Å²) in [5.41, 5.74) is 3.97. The third-order valence-electron chi connectivity index (χ3n) is 6.97. The molecule has 0 unspecified atom stereocenters. The zero-order chi connectivity index (χ0) is 29.5. The number of carbonyl (C=O) groups is 2. The smallest absolute Gasteiger partial charge is 0.303 e. The number of benzene rings is 3. The van der Waals surface area contributed by atoms with E-state index in [0.29, 0.717) is 16.6 Å². The van der Waals surface area contributed by atoms with E-state index in [0.717, 1.165) is 22.4 Å². The molecule has 1 amide bonds. The van der Waals surface area contributed by atoms with Crippen LogP contribution in [0.1, 0.15) is 48.8 Å². The molecule has 0 spiro atoms. The van der Waals surface area contributed by atoms with Crippen molar-refractivity contribution in [1.29, 1.82) is 0 Å². The van der Waals surface area contributed by atoms with Crippen molar-refractivity contribution in [3.05, 3.63) is 95.6 Å². The van der Waals surface area contributed by atoms with E-state index in [-0.39, 0.29) is 43.5 Å². The number of carbonyl (C=O) groups excluding carboxylic acids is 1. The number of amides is 1. The number of hydrogen-bond donors (Lipinski definition) is 3. The quantitative estimate of drug-likeness (QED) is 0.213. The molecule has 12 heteroatoms. The van der Waals surface area contributed by atoms with Crippen molar-refractivity contribution in [2.24, 2.45) is 5.92 Å². The van der Waals surface area contributed by atoms with Crippen LogP contribution in [0.25, 0.3) is 5.69 Å². The lowest BCUT2D eigenvalue weighted by Gasteiger charge is -2.41. The number of carboxylic acids is 1. The average molecular weight is 590 g/mol. The van der Waals surface area contributed by atoms with E-state index >= 15 is 0 Å². The molecule has 1 aromatic heterocycles. The second-order valence-corrected chi connectivity index (χ2v) is 10.9. The van der Waals surface area contributed by atoms with Crippen molar-refractivity contribution < 1.29 is 29.3 Å². The summed E-state index contributed by atoms with van der Waals surface area (Å²) in [7, 11) is 0. The number of thioether (sulfide) groups is 1. The number of aromatic nitrogens is 4. The molecule has 5 rings (SSSR count). The fourth-order valence-corrected chi connectivity index (χ4v) is 5.69. The van der Waals surface area contributed by atoms with Gasteiger partial charge in [0, 0.05) is 29.3 Å². The van der Waals surface area contributed by atoms with Crippen LogP contribution in [0.2, 0.25) is 0 Å². The molecule has 4 atom stereocenters. The second kappa shape index (κ2) is 13.7. The van der Waals surface area contributed by atoms with Crippen LogP contribution in [0.5, 0.6) is 0 Å². The van der Waals surface area contributed by atoms with Gasteiger partial charge in [0.1, 0.15) is 0 Å². The largest absolute Gasteiger partial charge is 0.481 e. The highest BCUT2D eigenvalue weighted by atomic mass is 32.2. The average Bonchev–Trinajstić information content (AvgIpc) is 3.49. The second-order valence-electron chi connectivity index (χ2n) is 9.91. The maximum absolute atomic E-state index is 12.1. The third kappa shape index (κ3) is 7.21. The lowest BCUT2D eigenvalue weighted by molar-refractivity contribution is -0.268. The number of tetrazole rings is 1. The highest BCUT2D eigenvalue weighted by Crippen LogP contribution is 2.43. The van der Waals surface area contributed by atoms with Crippen LogP contribution >= 0.6 is 11.8 Å². The fraction of sp³-hybridized carbons (Fsp3) is 0.300. The predicted octanol–water partition coefficient (Wildman–Crippen LogP) is 4.54. The normalized spacial score (nSPS) is 20.2. The third-order valence-corrected chi connectivity index (χ3v) is 7.98. The van der Waals surface area contributed by atoms with Crippen molar-refractivity contribution in [2.75, 3.05) is 11.1 Å². The Morgan fingerprint density at radius 3 is 2.36 bits per heavy atom. The Morgan fingerprint density at radius 2 is 1.67 bits per heavy atom. The Hall–Kier alpha value is -4.10. The molecule has 0 bridgehead atoms. The summed E-state index contributed by atoms with van der Waals surface area (Å²) >= 11 is 1.50. The summed E-state index contributed by atoms with van der Waals surface area (Å²) in [5.74, 6) is -0.851. The molecule has 0 radical (unpaired) electrons. The Labute approximate surface area is 246 Å². The van der Waals surface area contributed by atoms with Crippen LogP contribution in [0.15, 0.2) is 84.0 Å². The number of aliphatic hydroxyl groups is 1. The molecule has 1 saturated heterocycles. The molecular weight excluding hydrogens is 558 g/mol. The minimum absolute atomic E-state index is 0.0254. The first-order valence-corrected chi connectivity index (χ1v) is 14.5. The van der Waals surface area contributed by atoms with Gasteiger partial charge in [-0.3, -0.25) is 9.59 Å². The molecule has 0 saturated carbocycles. The number of rotatable bonds is 11. The topological polar surface area (TPSA) is 149 Å². The molecule has 218 valence electrons. The van der Waals surface area contributed by atoms with Gasteiger partial charge in [0.2, 0.25) is 11.1 Å². The molecular formula is C30H31N5O6S. The zero-order valence-electron chi connectivity index (χ0n) is 22.9. The lowest BCUT2D eigenvalue weighted by atomic mass is 9.91. The molecule has 42 heavy (non-hydrogen) atoms. The number of nitrogens with zero attached hydrogens (tertiary/aromatic N) is 4. The van der Waals surface area contributed by atoms with Gasteiger partial charge in [-0.2, -0.15) is 4.68 Å².